The van der Waals surface area contributed by atoms with E-state index in [4.69, 9.17) is 10.8 Å². The monoisotopic (exact) mass is 251 g/mol. The normalized spacial score (nSPS) is 13.1. The average molecular weight is 251 g/mol. The van der Waals surface area contributed by atoms with Crippen molar-refractivity contribution in [1.29, 1.82) is 0 Å². The summed E-state index contributed by atoms with van der Waals surface area (Å²) in [7, 11) is 0. The van der Waals surface area contributed by atoms with Crippen LogP contribution in [0.3, 0.4) is 0 Å². The third kappa shape index (κ3) is 3.14. The number of imidazole rings is 1. The SMILES string of the molecule is CC(CO)CSCc1nc2ccc(N)cc2[nH]1. The van der Waals surface area contributed by atoms with E-state index in [1.807, 2.05) is 25.1 Å². The molecule has 0 saturated heterocycles. The van der Waals surface area contributed by atoms with Gasteiger partial charge in [-0.05, 0) is 29.9 Å². The third-order valence-corrected chi connectivity index (χ3v) is 3.79. The fourth-order valence-corrected chi connectivity index (χ4v) is 2.51. The molecule has 4 nitrogen and oxygen atoms in total. The van der Waals surface area contributed by atoms with Crippen LogP contribution in [0.25, 0.3) is 11.0 Å². The summed E-state index contributed by atoms with van der Waals surface area (Å²) < 4.78 is 0. The Morgan fingerprint density at radius 3 is 3.12 bits per heavy atom. The van der Waals surface area contributed by atoms with E-state index < -0.39 is 0 Å². The van der Waals surface area contributed by atoms with Crippen LogP contribution in [0.15, 0.2) is 18.2 Å². The fourth-order valence-electron chi connectivity index (χ4n) is 1.56. The molecule has 0 aliphatic heterocycles. The average Bonchev–Trinajstić information content (AvgIpc) is 2.70. The lowest BCUT2D eigenvalue weighted by Gasteiger charge is -2.05. The van der Waals surface area contributed by atoms with Crippen LogP contribution in [0.2, 0.25) is 0 Å². The van der Waals surface area contributed by atoms with E-state index in [1.54, 1.807) is 11.8 Å². The van der Waals surface area contributed by atoms with Gasteiger partial charge in [-0.1, -0.05) is 6.92 Å². The summed E-state index contributed by atoms with van der Waals surface area (Å²) in [5.41, 5.74) is 8.39. The summed E-state index contributed by atoms with van der Waals surface area (Å²) >= 11 is 1.77. The van der Waals surface area contributed by atoms with Crippen molar-refractivity contribution in [2.75, 3.05) is 18.1 Å². The molecule has 0 radical (unpaired) electrons. The van der Waals surface area contributed by atoms with Crippen molar-refractivity contribution in [2.24, 2.45) is 5.92 Å². The van der Waals surface area contributed by atoms with Crippen molar-refractivity contribution in [3.8, 4) is 0 Å². The van der Waals surface area contributed by atoms with Crippen LogP contribution in [0.5, 0.6) is 0 Å². The number of rotatable bonds is 5. The summed E-state index contributed by atoms with van der Waals surface area (Å²) in [6, 6.07) is 5.67. The van der Waals surface area contributed by atoms with Crippen LogP contribution < -0.4 is 5.73 Å². The van der Waals surface area contributed by atoms with E-state index in [1.165, 1.54) is 0 Å². The summed E-state index contributed by atoms with van der Waals surface area (Å²) in [5, 5.41) is 8.93. The number of hydrogen-bond donors (Lipinski definition) is 3. The summed E-state index contributed by atoms with van der Waals surface area (Å²) in [6.07, 6.45) is 0. The highest BCUT2D eigenvalue weighted by atomic mass is 32.2. The van der Waals surface area contributed by atoms with Crippen LogP contribution in [0.4, 0.5) is 5.69 Å². The molecule has 17 heavy (non-hydrogen) atoms. The van der Waals surface area contributed by atoms with Crippen LogP contribution in [-0.4, -0.2) is 27.4 Å². The molecule has 2 aromatic rings. The van der Waals surface area contributed by atoms with E-state index in [0.29, 0.717) is 5.92 Å². The van der Waals surface area contributed by atoms with Gasteiger partial charge in [-0.25, -0.2) is 4.98 Å². The Kier molecular flexibility index (Phi) is 3.91. The van der Waals surface area contributed by atoms with Gasteiger partial charge in [0.15, 0.2) is 0 Å². The number of nitrogens with one attached hydrogen (secondary N) is 1. The lowest BCUT2D eigenvalue weighted by Crippen LogP contribution is -2.03. The lowest BCUT2D eigenvalue weighted by atomic mass is 10.2. The number of thioether (sulfide) groups is 1. The zero-order valence-corrected chi connectivity index (χ0v) is 10.6. The molecule has 0 saturated carbocycles. The maximum atomic E-state index is 8.93. The molecule has 1 aromatic heterocycles. The maximum absolute atomic E-state index is 8.93. The molecule has 0 spiro atoms. The van der Waals surface area contributed by atoms with E-state index >= 15 is 0 Å². The van der Waals surface area contributed by atoms with Gasteiger partial charge in [0.05, 0.1) is 16.8 Å². The van der Waals surface area contributed by atoms with Gasteiger partial charge in [-0.15, -0.1) is 0 Å². The van der Waals surface area contributed by atoms with Gasteiger partial charge in [0.2, 0.25) is 0 Å². The van der Waals surface area contributed by atoms with Crippen molar-refractivity contribution >= 4 is 28.5 Å². The number of fused-ring (bicyclic) bond motifs is 1. The molecule has 2 rings (SSSR count). The van der Waals surface area contributed by atoms with Crippen LogP contribution in [0.1, 0.15) is 12.7 Å². The molecular formula is C12H17N3OS. The predicted octanol–water partition coefficient (Wildman–Crippen LogP) is 2.01. The number of anilines is 1. The highest BCUT2D eigenvalue weighted by molar-refractivity contribution is 7.98. The summed E-state index contributed by atoms with van der Waals surface area (Å²) in [4.78, 5) is 7.74. The van der Waals surface area contributed by atoms with Crippen LogP contribution >= 0.6 is 11.8 Å². The van der Waals surface area contributed by atoms with E-state index in [2.05, 4.69) is 9.97 Å². The molecule has 0 bridgehead atoms. The Morgan fingerprint density at radius 1 is 1.53 bits per heavy atom. The number of hydrogen-bond acceptors (Lipinski definition) is 4. The number of aliphatic hydroxyl groups excluding tert-OH is 1. The third-order valence-electron chi connectivity index (χ3n) is 2.51. The van der Waals surface area contributed by atoms with Gasteiger partial charge in [0.25, 0.3) is 0 Å². The molecule has 92 valence electrons. The first-order valence-corrected chi connectivity index (χ1v) is 6.77. The number of aliphatic hydroxyl groups is 1. The largest absolute Gasteiger partial charge is 0.399 e. The topological polar surface area (TPSA) is 74.9 Å². The van der Waals surface area contributed by atoms with Gasteiger partial charge < -0.3 is 15.8 Å². The molecule has 1 heterocycles. The number of nitrogen functional groups attached to an aromatic ring is 1. The molecule has 0 aliphatic rings. The molecule has 0 amide bonds. The molecule has 1 atom stereocenters. The van der Waals surface area contributed by atoms with Gasteiger partial charge in [-0.2, -0.15) is 11.8 Å². The minimum atomic E-state index is 0.240. The summed E-state index contributed by atoms with van der Waals surface area (Å²) in [5.74, 6) is 3.06. The molecular weight excluding hydrogens is 234 g/mol. The van der Waals surface area contributed by atoms with Crippen molar-refractivity contribution in [3.63, 3.8) is 0 Å². The number of aromatic amines is 1. The quantitative estimate of drug-likeness (QED) is 0.711. The minimum Gasteiger partial charge on any atom is -0.399 e. The number of H-pyrrole nitrogens is 1. The zero-order valence-electron chi connectivity index (χ0n) is 9.81. The van der Waals surface area contributed by atoms with Gasteiger partial charge in [-0.3, -0.25) is 0 Å². The Hall–Kier alpha value is -1.20. The van der Waals surface area contributed by atoms with Crippen LogP contribution in [0, 0.1) is 5.92 Å². The second-order valence-corrected chi connectivity index (χ2v) is 5.29. The van der Waals surface area contributed by atoms with Crippen molar-refractivity contribution < 1.29 is 5.11 Å². The fraction of sp³-hybridized carbons (Fsp3) is 0.417. The number of nitrogens with zero attached hydrogens (tertiary/aromatic N) is 1. The Labute approximate surface area is 105 Å². The lowest BCUT2D eigenvalue weighted by molar-refractivity contribution is 0.250. The van der Waals surface area contributed by atoms with Gasteiger partial charge in [0, 0.05) is 12.3 Å². The number of aromatic nitrogens is 2. The van der Waals surface area contributed by atoms with Crippen molar-refractivity contribution in [2.45, 2.75) is 12.7 Å². The van der Waals surface area contributed by atoms with Crippen molar-refractivity contribution in [3.05, 3.63) is 24.0 Å². The Bertz CT molecular complexity index is 497. The Morgan fingerprint density at radius 2 is 2.35 bits per heavy atom. The Balaban J connectivity index is 1.99. The predicted molar refractivity (Wildman–Crippen MR) is 72.9 cm³/mol. The van der Waals surface area contributed by atoms with Gasteiger partial charge in [0.1, 0.15) is 5.82 Å². The highest BCUT2D eigenvalue weighted by Gasteiger charge is 2.05. The molecule has 4 N–H and O–H groups in total. The minimum absolute atomic E-state index is 0.240. The molecule has 0 fully saturated rings. The standard InChI is InChI=1S/C12H17N3OS/c1-8(5-16)6-17-7-12-14-10-3-2-9(13)4-11(10)15-12/h2-4,8,16H,5-7,13H2,1H3,(H,14,15). The van der Waals surface area contributed by atoms with Crippen LogP contribution in [-0.2, 0) is 5.75 Å². The number of benzene rings is 1. The zero-order chi connectivity index (χ0) is 12.3. The first-order valence-electron chi connectivity index (χ1n) is 5.61. The maximum Gasteiger partial charge on any atom is 0.117 e. The van der Waals surface area contributed by atoms with Crippen molar-refractivity contribution in [1.82, 2.24) is 9.97 Å². The van der Waals surface area contributed by atoms with E-state index in [0.717, 1.165) is 34.1 Å². The first-order chi connectivity index (χ1) is 8.19. The van der Waals surface area contributed by atoms with E-state index in [9.17, 15) is 0 Å². The smallest absolute Gasteiger partial charge is 0.117 e. The second kappa shape index (κ2) is 5.42. The van der Waals surface area contributed by atoms with E-state index in [-0.39, 0.29) is 6.61 Å². The van der Waals surface area contributed by atoms with Gasteiger partial charge >= 0.3 is 0 Å². The first kappa shape index (κ1) is 12.3. The second-order valence-electron chi connectivity index (χ2n) is 4.26. The molecule has 1 unspecified atom stereocenters. The molecule has 0 aliphatic carbocycles. The summed E-state index contributed by atoms with van der Waals surface area (Å²) in [6.45, 7) is 2.27. The molecule has 5 heteroatoms. The highest BCUT2D eigenvalue weighted by Crippen LogP contribution is 2.18. The molecule has 1 aromatic carbocycles. The number of nitrogens with two attached hydrogens (primary N) is 1.